The van der Waals surface area contributed by atoms with Gasteiger partial charge in [0.05, 0.1) is 12.9 Å². The summed E-state index contributed by atoms with van der Waals surface area (Å²) in [4.78, 5) is 17.3. The highest BCUT2D eigenvalue weighted by molar-refractivity contribution is 5.95. The van der Waals surface area contributed by atoms with Crippen LogP contribution in [-0.4, -0.2) is 22.4 Å². The summed E-state index contributed by atoms with van der Waals surface area (Å²) in [6.45, 7) is 2.72. The number of nitrogens with zero attached hydrogens (tertiary/aromatic N) is 3. The molecule has 1 aromatic rings. The highest BCUT2D eigenvalue weighted by Crippen LogP contribution is 2.07. The Bertz CT molecular complexity index is 350. The molecule has 0 aliphatic rings. The van der Waals surface area contributed by atoms with Crippen LogP contribution < -0.4 is 11.2 Å². The third-order valence-electron chi connectivity index (χ3n) is 1.72. The first kappa shape index (κ1) is 14.4. The fourth-order valence-corrected chi connectivity index (χ4v) is 0.928. The molecule has 0 radical (unpaired) electrons. The second kappa shape index (κ2) is 7.63. The molecule has 90 valence electrons. The Morgan fingerprint density at radius 2 is 2.44 bits per heavy atom. The van der Waals surface area contributed by atoms with Crippen molar-refractivity contribution in [1.29, 1.82) is 0 Å². The minimum atomic E-state index is -0.584. The van der Waals surface area contributed by atoms with Gasteiger partial charge >= 0.3 is 0 Å². The van der Waals surface area contributed by atoms with Gasteiger partial charge in [-0.1, -0.05) is 18.6 Å². The number of halogens is 1. The minimum absolute atomic E-state index is 0. The Morgan fingerprint density at radius 1 is 1.69 bits per heavy atom. The predicted molar refractivity (Wildman–Crippen MR) is 62.6 cm³/mol. The molecule has 0 aliphatic carbocycles. The zero-order chi connectivity index (χ0) is 11.1. The molecule has 0 saturated heterocycles. The summed E-state index contributed by atoms with van der Waals surface area (Å²) in [6.07, 6.45) is 3.41. The average Bonchev–Trinajstić information content (AvgIpc) is 2.66. The quantitative estimate of drug-likeness (QED) is 0.402. The number of rotatable bonds is 6. The molecule has 0 spiro atoms. The van der Waals surface area contributed by atoms with Crippen LogP contribution in [0.5, 0.6) is 0 Å². The number of aromatic nitrogens is 2. The van der Waals surface area contributed by atoms with E-state index in [9.17, 15) is 4.79 Å². The van der Waals surface area contributed by atoms with E-state index in [0.717, 1.165) is 12.8 Å². The van der Waals surface area contributed by atoms with Crippen molar-refractivity contribution in [3.63, 3.8) is 0 Å². The van der Waals surface area contributed by atoms with E-state index in [1.54, 1.807) is 0 Å². The maximum atomic E-state index is 10.9. The van der Waals surface area contributed by atoms with Crippen molar-refractivity contribution in [1.82, 2.24) is 9.97 Å². The Hall–Kier alpha value is -1.63. The lowest BCUT2D eigenvalue weighted by atomic mass is 10.3. The number of hydrogen-bond donors (Lipinski definition) is 3. The van der Waals surface area contributed by atoms with E-state index >= 15 is 0 Å². The zero-order valence-corrected chi connectivity index (χ0v) is 9.75. The second-order valence-corrected chi connectivity index (χ2v) is 2.92. The smallest absolute Gasteiger partial charge is 0.269 e. The van der Waals surface area contributed by atoms with E-state index in [1.165, 1.54) is 6.33 Å². The fraction of sp³-hybridized carbons (Fsp3) is 0.500. The number of carbonyl (C=O) groups excluding carboxylic acids is 1. The van der Waals surface area contributed by atoms with E-state index < -0.39 is 5.91 Å². The standard InChI is InChI=1S/C8H14N6O.ClH/c1-2-3-4-12-14-13-8-6(7(9)15)10-5-11-8;/h5H,2-4H2,1H3,(H2,9,15)(H,10,11)(H,12,13);1H. The number of nitrogens with two attached hydrogens (primary N) is 1. The number of primary amides is 1. The van der Waals surface area contributed by atoms with Crippen LogP contribution in [0.1, 0.15) is 30.3 Å². The van der Waals surface area contributed by atoms with Crippen LogP contribution in [0.15, 0.2) is 16.7 Å². The molecule has 0 fully saturated rings. The number of aromatic amines is 1. The fourth-order valence-electron chi connectivity index (χ4n) is 0.928. The Balaban J connectivity index is 0.00000225. The Labute approximate surface area is 99.3 Å². The zero-order valence-electron chi connectivity index (χ0n) is 8.93. The topological polar surface area (TPSA) is 109 Å². The SMILES string of the molecule is CCCCN=NNc1nc[nH]c1C(N)=O.Cl. The molecular formula is C8H15ClN6O. The molecule has 4 N–H and O–H groups in total. The molecule has 0 unspecified atom stereocenters. The largest absolute Gasteiger partial charge is 0.364 e. The van der Waals surface area contributed by atoms with Gasteiger partial charge in [0.1, 0.15) is 5.69 Å². The molecule has 8 heteroatoms. The Morgan fingerprint density at radius 3 is 3.06 bits per heavy atom. The first-order valence-electron chi connectivity index (χ1n) is 4.71. The van der Waals surface area contributed by atoms with Crippen LogP contribution in [0.3, 0.4) is 0 Å². The monoisotopic (exact) mass is 246 g/mol. The van der Waals surface area contributed by atoms with E-state index in [-0.39, 0.29) is 18.1 Å². The summed E-state index contributed by atoms with van der Waals surface area (Å²) < 4.78 is 0. The van der Waals surface area contributed by atoms with Crippen molar-refractivity contribution in [3.05, 3.63) is 12.0 Å². The average molecular weight is 247 g/mol. The van der Waals surface area contributed by atoms with E-state index in [0.29, 0.717) is 12.4 Å². The van der Waals surface area contributed by atoms with Gasteiger partial charge in [0.15, 0.2) is 5.82 Å². The molecule has 16 heavy (non-hydrogen) atoms. The molecule has 0 atom stereocenters. The molecule has 0 saturated carbocycles. The summed E-state index contributed by atoms with van der Waals surface area (Å²) in [6, 6.07) is 0. The summed E-state index contributed by atoms with van der Waals surface area (Å²) in [5.41, 5.74) is 7.84. The van der Waals surface area contributed by atoms with Crippen molar-refractivity contribution < 1.29 is 4.79 Å². The molecule has 0 bridgehead atoms. The van der Waals surface area contributed by atoms with Crippen LogP contribution in [0, 0.1) is 0 Å². The van der Waals surface area contributed by atoms with Crippen LogP contribution in [0.4, 0.5) is 5.82 Å². The first-order chi connectivity index (χ1) is 7.25. The number of hydrogen-bond acceptors (Lipinski definition) is 4. The maximum absolute atomic E-state index is 10.9. The van der Waals surface area contributed by atoms with E-state index in [4.69, 9.17) is 5.73 Å². The van der Waals surface area contributed by atoms with Gasteiger partial charge in [0.25, 0.3) is 5.91 Å². The number of carbonyl (C=O) groups is 1. The molecular weight excluding hydrogens is 232 g/mol. The van der Waals surface area contributed by atoms with Gasteiger partial charge in [-0.2, -0.15) is 5.11 Å². The van der Waals surface area contributed by atoms with Gasteiger partial charge in [0.2, 0.25) is 0 Å². The van der Waals surface area contributed by atoms with Crippen molar-refractivity contribution in [2.24, 2.45) is 16.1 Å². The lowest BCUT2D eigenvalue weighted by Gasteiger charge is -1.95. The summed E-state index contributed by atoms with van der Waals surface area (Å²) in [5.74, 6) is -0.290. The summed E-state index contributed by atoms with van der Waals surface area (Å²) >= 11 is 0. The van der Waals surface area contributed by atoms with Crippen molar-refractivity contribution in [2.75, 3.05) is 12.0 Å². The van der Waals surface area contributed by atoms with E-state index in [1.807, 2.05) is 0 Å². The number of unbranched alkanes of at least 4 members (excludes halogenated alkanes) is 1. The normalized spacial score (nSPS) is 10.1. The molecule has 1 rings (SSSR count). The second-order valence-electron chi connectivity index (χ2n) is 2.92. The van der Waals surface area contributed by atoms with Crippen LogP contribution in [-0.2, 0) is 0 Å². The lowest BCUT2D eigenvalue weighted by Crippen LogP contribution is -2.13. The van der Waals surface area contributed by atoms with Gasteiger partial charge in [-0.15, -0.1) is 12.4 Å². The third-order valence-corrected chi connectivity index (χ3v) is 1.72. The predicted octanol–water partition coefficient (Wildman–Crippen LogP) is 1.51. The summed E-state index contributed by atoms with van der Waals surface area (Å²) in [5, 5.41) is 7.52. The maximum Gasteiger partial charge on any atom is 0.269 e. The molecule has 1 aromatic heterocycles. The number of anilines is 1. The van der Waals surface area contributed by atoms with Crippen molar-refractivity contribution in [3.8, 4) is 0 Å². The van der Waals surface area contributed by atoms with Gasteiger partial charge in [-0.3, -0.25) is 4.79 Å². The van der Waals surface area contributed by atoms with Crippen LogP contribution in [0.2, 0.25) is 0 Å². The molecule has 1 amide bonds. The lowest BCUT2D eigenvalue weighted by molar-refractivity contribution is 0.0997. The number of imidazole rings is 1. The van der Waals surface area contributed by atoms with Crippen molar-refractivity contribution >= 4 is 24.1 Å². The summed E-state index contributed by atoms with van der Waals surface area (Å²) in [7, 11) is 0. The minimum Gasteiger partial charge on any atom is -0.364 e. The van der Waals surface area contributed by atoms with Gasteiger partial charge in [0, 0.05) is 0 Å². The number of nitrogens with one attached hydrogen (secondary N) is 2. The molecule has 1 heterocycles. The van der Waals surface area contributed by atoms with Crippen LogP contribution >= 0.6 is 12.4 Å². The van der Waals surface area contributed by atoms with Crippen molar-refractivity contribution in [2.45, 2.75) is 19.8 Å². The molecule has 7 nitrogen and oxygen atoms in total. The molecule has 0 aliphatic heterocycles. The van der Waals surface area contributed by atoms with Gasteiger partial charge < -0.3 is 10.7 Å². The van der Waals surface area contributed by atoms with E-state index in [2.05, 4.69) is 32.7 Å². The number of amides is 1. The number of H-pyrrole nitrogens is 1. The van der Waals surface area contributed by atoms with Gasteiger partial charge in [-0.05, 0) is 6.42 Å². The first-order valence-corrected chi connectivity index (χ1v) is 4.71. The molecule has 0 aromatic carbocycles. The highest BCUT2D eigenvalue weighted by Gasteiger charge is 2.09. The van der Waals surface area contributed by atoms with Gasteiger partial charge in [-0.25, -0.2) is 10.4 Å². The third kappa shape index (κ3) is 4.26. The highest BCUT2D eigenvalue weighted by atomic mass is 35.5. The van der Waals surface area contributed by atoms with Crippen LogP contribution in [0.25, 0.3) is 0 Å². The Kier molecular flexibility index (Phi) is 6.86.